The Balaban J connectivity index is 0.00000392. The van der Waals surface area contributed by atoms with Crippen LogP contribution >= 0.6 is 24.0 Å². The van der Waals surface area contributed by atoms with E-state index < -0.39 is 0 Å². The quantitative estimate of drug-likeness (QED) is 0.656. The Morgan fingerprint density at radius 2 is 1.86 bits per heavy atom. The molecule has 1 saturated heterocycles. The number of nitrogens with zero attached hydrogens (tertiary/aromatic N) is 1. The van der Waals surface area contributed by atoms with Gasteiger partial charge in [-0.05, 0) is 77.7 Å². The second-order valence-corrected chi connectivity index (χ2v) is 8.56. The van der Waals surface area contributed by atoms with Crippen molar-refractivity contribution in [3.05, 3.63) is 28.8 Å². The number of piperidine rings is 1. The van der Waals surface area contributed by atoms with Crippen molar-refractivity contribution in [1.29, 1.82) is 0 Å². The molecular formula is C20H32Cl2N4O2. The predicted octanol–water partition coefficient (Wildman–Crippen LogP) is 4.14. The summed E-state index contributed by atoms with van der Waals surface area (Å²) in [6.07, 6.45) is 3.16. The molecule has 0 bridgehead atoms. The van der Waals surface area contributed by atoms with Crippen LogP contribution in [-0.2, 0) is 0 Å². The predicted molar refractivity (Wildman–Crippen MR) is 118 cm³/mol. The lowest BCUT2D eigenvalue weighted by Crippen LogP contribution is -2.43. The van der Waals surface area contributed by atoms with Crippen molar-refractivity contribution < 1.29 is 9.59 Å². The van der Waals surface area contributed by atoms with Gasteiger partial charge in [0.1, 0.15) is 0 Å². The highest BCUT2D eigenvalue weighted by atomic mass is 35.5. The van der Waals surface area contributed by atoms with E-state index in [1.54, 1.807) is 18.2 Å². The number of nitrogens with one attached hydrogen (secondary N) is 3. The fourth-order valence-electron chi connectivity index (χ4n) is 3.21. The number of amides is 3. The number of urea groups is 1. The molecule has 158 valence electrons. The van der Waals surface area contributed by atoms with E-state index in [-0.39, 0.29) is 29.9 Å². The first-order valence-corrected chi connectivity index (χ1v) is 9.90. The summed E-state index contributed by atoms with van der Waals surface area (Å²) >= 11 is 6.27. The van der Waals surface area contributed by atoms with Crippen LogP contribution in [0.25, 0.3) is 0 Å². The summed E-state index contributed by atoms with van der Waals surface area (Å²) in [5.41, 5.74) is 0.639. The van der Waals surface area contributed by atoms with Crippen LogP contribution in [0, 0.1) is 5.92 Å². The molecule has 6 nitrogen and oxygen atoms in total. The van der Waals surface area contributed by atoms with Gasteiger partial charge in [-0.1, -0.05) is 11.6 Å². The van der Waals surface area contributed by atoms with Crippen molar-refractivity contribution in [2.24, 2.45) is 5.92 Å². The smallest absolute Gasteiger partial charge is 0.319 e. The summed E-state index contributed by atoms with van der Waals surface area (Å²) in [7, 11) is 1.96. The van der Waals surface area contributed by atoms with Crippen LogP contribution in [0.4, 0.5) is 10.5 Å². The summed E-state index contributed by atoms with van der Waals surface area (Å²) in [6.45, 7) is 8.21. The molecule has 3 amide bonds. The van der Waals surface area contributed by atoms with E-state index in [0.29, 0.717) is 22.2 Å². The van der Waals surface area contributed by atoms with Crippen molar-refractivity contribution >= 4 is 41.6 Å². The SMILES string of the molecule is CNCCC1CCN(C(=O)c2cc(NC(=O)NC(C)(C)C)ccc2Cl)CC1.Cl. The third-order valence-corrected chi connectivity index (χ3v) is 4.98. The van der Waals surface area contributed by atoms with Crippen LogP contribution in [0.1, 0.15) is 50.4 Å². The molecule has 0 saturated carbocycles. The number of anilines is 1. The van der Waals surface area contributed by atoms with E-state index in [9.17, 15) is 9.59 Å². The zero-order valence-corrected chi connectivity index (χ0v) is 18.7. The largest absolute Gasteiger partial charge is 0.339 e. The summed E-state index contributed by atoms with van der Waals surface area (Å²) in [4.78, 5) is 26.8. The van der Waals surface area contributed by atoms with E-state index in [1.165, 1.54) is 0 Å². The van der Waals surface area contributed by atoms with Gasteiger partial charge in [0, 0.05) is 24.3 Å². The van der Waals surface area contributed by atoms with Gasteiger partial charge in [-0.3, -0.25) is 4.79 Å². The van der Waals surface area contributed by atoms with Crippen LogP contribution in [0.3, 0.4) is 0 Å². The summed E-state index contributed by atoms with van der Waals surface area (Å²) in [5, 5.41) is 9.18. The van der Waals surface area contributed by atoms with Gasteiger partial charge >= 0.3 is 6.03 Å². The lowest BCUT2D eigenvalue weighted by atomic mass is 9.93. The third kappa shape index (κ3) is 7.49. The molecule has 1 fully saturated rings. The van der Waals surface area contributed by atoms with Gasteiger partial charge in [0.25, 0.3) is 5.91 Å². The highest BCUT2D eigenvalue weighted by Gasteiger charge is 2.25. The topological polar surface area (TPSA) is 73.5 Å². The Bertz CT molecular complexity index is 669. The van der Waals surface area contributed by atoms with Crippen molar-refractivity contribution in [3.8, 4) is 0 Å². The Morgan fingerprint density at radius 1 is 1.21 bits per heavy atom. The molecule has 1 heterocycles. The average molecular weight is 431 g/mol. The number of benzene rings is 1. The molecule has 0 spiro atoms. The molecule has 0 radical (unpaired) electrons. The molecule has 3 N–H and O–H groups in total. The molecule has 1 aliphatic rings. The highest BCUT2D eigenvalue weighted by Crippen LogP contribution is 2.26. The molecule has 0 aromatic heterocycles. The molecule has 2 rings (SSSR count). The maximum Gasteiger partial charge on any atom is 0.319 e. The van der Waals surface area contributed by atoms with Gasteiger partial charge in [0.2, 0.25) is 0 Å². The number of hydrogen-bond donors (Lipinski definition) is 3. The monoisotopic (exact) mass is 430 g/mol. The number of halogens is 2. The minimum Gasteiger partial charge on any atom is -0.339 e. The normalized spacial score (nSPS) is 15.0. The summed E-state index contributed by atoms with van der Waals surface area (Å²) in [5.74, 6) is 0.581. The van der Waals surface area contributed by atoms with Gasteiger partial charge in [-0.2, -0.15) is 0 Å². The van der Waals surface area contributed by atoms with Crippen molar-refractivity contribution in [3.63, 3.8) is 0 Å². The maximum absolute atomic E-state index is 12.9. The lowest BCUT2D eigenvalue weighted by molar-refractivity contribution is 0.0687. The minimum absolute atomic E-state index is 0. The number of carbonyl (C=O) groups excluding carboxylic acids is 2. The fraction of sp³-hybridized carbons (Fsp3) is 0.600. The first-order chi connectivity index (χ1) is 12.7. The van der Waals surface area contributed by atoms with Crippen LogP contribution in [-0.4, -0.2) is 49.1 Å². The van der Waals surface area contributed by atoms with E-state index in [1.807, 2.05) is 32.7 Å². The lowest BCUT2D eigenvalue weighted by Gasteiger charge is -2.32. The van der Waals surface area contributed by atoms with Gasteiger partial charge in [0.05, 0.1) is 10.6 Å². The fourth-order valence-corrected chi connectivity index (χ4v) is 3.41. The second-order valence-electron chi connectivity index (χ2n) is 8.15. The van der Waals surface area contributed by atoms with Gasteiger partial charge in [-0.15, -0.1) is 12.4 Å². The molecule has 0 aliphatic carbocycles. The minimum atomic E-state index is -0.340. The van der Waals surface area contributed by atoms with Crippen molar-refractivity contribution in [2.45, 2.75) is 45.6 Å². The van der Waals surface area contributed by atoms with E-state index in [4.69, 9.17) is 11.6 Å². The van der Waals surface area contributed by atoms with E-state index in [2.05, 4.69) is 16.0 Å². The molecule has 1 aliphatic heterocycles. The molecule has 8 heteroatoms. The number of carbonyl (C=O) groups is 2. The van der Waals surface area contributed by atoms with Crippen LogP contribution in [0.5, 0.6) is 0 Å². The van der Waals surface area contributed by atoms with E-state index >= 15 is 0 Å². The molecular weight excluding hydrogens is 399 g/mol. The van der Waals surface area contributed by atoms with Crippen LogP contribution in [0.2, 0.25) is 5.02 Å². The van der Waals surface area contributed by atoms with Gasteiger partial charge < -0.3 is 20.9 Å². The zero-order chi connectivity index (χ0) is 20.0. The number of rotatable bonds is 5. The maximum atomic E-state index is 12.9. The van der Waals surface area contributed by atoms with Crippen LogP contribution in [0.15, 0.2) is 18.2 Å². The van der Waals surface area contributed by atoms with Gasteiger partial charge in [0.15, 0.2) is 0 Å². The first-order valence-electron chi connectivity index (χ1n) is 9.52. The first kappa shape index (κ1) is 24.5. The molecule has 28 heavy (non-hydrogen) atoms. The van der Waals surface area contributed by atoms with Gasteiger partial charge in [-0.25, -0.2) is 4.79 Å². The Labute approximate surface area is 179 Å². The number of hydrogen-bond acceptors (Lipinski definition) is 3. The Morgan fingerprint density at radius 3 is 2.43 bits per heavy atom. The molecule has 1 aromatic rings. The van der Waals surface area contributed by atoms with E-state index in [0.717, 1.165) is 38.9 Å². The molecule has 0 unspecified atom stereocenters. The zero-order valence-electron chi connectivity index (χ0n) is 17.1. The van der Waals surface area contributed by atoms with Crippen molar-refractivity contribution in [1.82, 2.24) is 15.5 Å². The Kier molecular flexibility index (Phi) is 9.54. The molecule has 1 aromatic carbocycles. The number of likely N-dealkylation sites (tertiary alicyclic amines) is 1. The van der Waals surface area contributed by atoms with Crippen LogP contribution < -0.4 is 16.0 Å². The second kappa shape index (κ2) is 10.9. The summed E-state index contributed by atoms with van der Waals surface area (Å²) in [6, 6.07) is 4.69. The Hall–Kier alpha value is -1.50. The summed E-state index contributed by atoms with van der Waals surface area (Å²) < 4.78 is 0. The molecule has 0 atom stereocenters. The average Bonchev–Trinajstić information content (AvgIpc) is 2.60. The third-order valence-electron chi connectivity index (χ3n) is 4.65. The highest BCUT2D eigenvalue weighted by molar-refractivity contribution is 6.34. The standard InChI is InChI=1S/C20H31ClN4O2.ClH/c1-20(2,3)24-19(27)23-15-5-6-17(21)16(13-15)18(26)25-11-8-14(9-12-25)7-10-22-4;/h5-6,13-14,22H,7-12H2,1-4H3,(H2,23,24,27);1H. The van der Waals surface area contributed by atoms with Crippen molar-refractivity contribution in [2.75, 3.05) is 32.0 Å².